The van der Waals surface area contributed by atoms with Crippen molar-refractivity contribution in [1.29, 1.82) is 0 Å². The summed E-state index contributed by atoms with van der Waals surface area (Å²) in [6, 6.07) is 13.5. The lowest BCUT2D eigenvalue weighted by atomic mass is 10.1. The van der Waals surface area contributed by atoms with Gasteiger partial charge in [0, 0.05) is 29.3 Å². The summed E-state index contributed by atoms with van der Waals surface area (Å²) in [7, 11) is -1.44. The highest BCUT2D eigenvalue weighted by atomic mass is 32.2. The van der Waals surface area contributed by atoms with E-state index in [1.807, 2.05) is 24.3 Å². The Morgan fingerprint density at radius 3 is 2.53 bits per heavy atom. The molecule has 0 bridgehead atoms. The number of sulfone groups is 1. The summed E-state index contributed by atoms with van der Waals surface area (Å²) < 4.78 is 42.1. The van der Waals surface area contributed by atoms with E-state index in [1.54, 1.807) is 31.0 Å². The third-order valence-electron chi connectivity index (χ3n) is 5.91. The van der Waals surface area contributed by atoms with Crippen molar-refractivity contribution in [2.24, 2.45) is 0 Å². The van der Waals surface area contributed by atoms with E-state index in [0.29, 0.717) is 25.9 Å². The predicted molar refractivity (Wildman–Crippen MR) is 123 cm³/mol. The van der Waals surface area contributed by atoms with Crippen LogP contribution in [-0.2, 0) is 21.2 Å². The summed E-state index contributed by atoms with van der Waals surface area (Å²) in [6.45, 7) is 1.23. The standard InChI is InChI=1S/C23H27FN2O4S2/c1-30-19-6-8-20(9-7-19)31-21-12-22(23(27)25-18-10-11-32(28,29)15-18)26(14-21)13-16-2-4-17(24)5-3-16/h2-9,18,21-22H,10-15H2,1H3,(H,25,27)/t18-,21-,22+/m1/s1. The Balaban J connectivity index is 1.46. The molecule has 0 unspecified atom stereocenters. The molecule has 32 heavy (non-hydrogen) atoms. The van der Waals surface area contributed by atoms with Crippen molar-refractivity contribution in [3.8, 4) is 5.75 Å². The molecule has 2 fully saturated rings. The van der Waals surface area contributed by atoms with Gasteiger partial charge in [-0.2, -0.15) is 0 Å². The number of benzene rings is 2. The molecule has 2 aromatic rings. The molecule has 2 aliphatic rings. The number of carbonyl (C=O) groups is 1. The van der Waals surface area contributed by atoms with Crippen molar-refractivity contribution in [3.05, 3.63) is 59.9 Å². The highest BCUT2D eigenvalue weighted by molar-refractivity contribution is 8.00. The van der Waals surface area contributed by atoms with Crippen LogP contribution in [0.5, 0.6) is 5.75 Å². The molecule has 0 aliphatic carbocycles. The van der Waals surface area contributed by atoms with Crippen LogP contribution in [0.1, 0.15) is 18.4 Å². The topological polar surface area (TPSA) is 75.7 Å². The molecule has 2 saturated heterocycles. The van der Waals surface area contributed by atoms with Crippen molar-refractivity contribution < 1.29 is 22.3 Å². The quantitative estimate of drug-likeness (QED) is 0.660. The largest absolute Gasteiger partial charge is 0.497 e. The number of hydrogen-bond donors (Lipinski definition) is 1. The third-order valence-corrected chi connectivity index (χ3v) is 8.89. The molecule has 1 N–H and O–H groups in total. The Hall–Kier alpha value is -2.10. The van der Waals surface area contributed by atoms with Crippen LogP contribution in [0.25, 0.3) is 0 Å². The Morgan fingerprint density at radius 1 is 1.19 bits per heavy atom. The second-order valence-corrected chi connectivity index (χ2v) is 11.9. The van der Waals surface area contributed by atoms with Gasteiger partial charge < -0.3 is 10.1 Å². The van der Waals surface area contributed by atoms with Crippen molar-refractivity contribution in [2.45, 2.75) is 41.6 Å². The molecule has 2 aliphatic heterocycles. The minimum absolute atomic E-state index is 0.00739. The third kappa shape index (κ3) is 5.82. The van der Waals surface area contributed by atoms with Gasteiger partial charge in [0.2, 0.25) is 5.91 Å². The zero-order valence-corrected chi connectivity index (χ0v) is 19.5. The lowest BCUT2D eigenvalue weighted by molar-refractivity contribution is -0.126. The highest BCUT2D eigenvalue weighted by Crippen LogP contribution is 2.34. The van der Waals surface area contributed by atoms with Crippen molar-refractivity contribution in [3.63, 3.8) is 0 Å². The van der Waals surface area contributed by atoms with Gasteiger partial charge in [0.15, 0.2) is 9.84 Å². The smallest absolute Gasteiger partial charge is 0.237 e. The summed E-state index contributed by atoms with van der Waals surface area (Å²) in [6.07, 6.45) is 1.12. The average Bonchev–Trinajstić information content (AvgIpc) is 3.32. The van der Waals surface area contributed by atoms with E-state index >= 15 is 0 Å². The number of nitrogens with one attached hydrogen (secondary N) is 1. The van der Waals surface area contributed by atoms with Gasteiger partial charge in [0.25, 0.3) is 0 Å². The molecule has 4 rings (SSSR count). The van der Waals surface area contributed by atoms with Crippen LogP contribution in [0.15, 0.2) is 53.4 Å². The SMILES string of the molecule is COc1ccc(S[C@@H]2C[C@@H](C(=O)N[C@@H]3CCS(=O)(=O)C3)N(Cc3ccc(F)cc3)C2)cc1. The van der Waals surface area contributed by atoms with Gasteiger partial charge in [-0.05, 0) is 54.8 Å². The molecule has 3 atom stereocenters. The second-order valence-electron chi connectivity index (χ2n) is 8.33. The Labute approximate surface area is 192 Å². The van der Waals surface area contributed by atoms with Gasteiger partial charge in [-0.3, -0.25) is 9.69 Å². The van der Waals surface area contributed by atoms with Crippen LogP contribution in [0.2, 0.25) is 0 Å². The molecule has 2 aromatic carbocycles. The van der Waals surface area contributed by atoms with Crippen LogP contribution >= 0.6 is 11.8 Å². The lowest BCUT2D eigenvalue weighted by Gasteiger charge is -2.25. The van der Waals surface area contributed by atoms with Crippen molar-refractivity contribution >= 4 is 27.5 Å². The first-order chi connectivity index (χ1) is 15.3. The van der Waals surface area contributed by atoms with E-state index < -0.39 is 9.84 Å². The number of likely N-dealkylation sites (tertiary alicyclic amines) is 1. The maximum absolute atomic E-state index is 13.3. The zero-order valence-electron chi connectivity index (χ0n) is 17.9. The predicted octanol–water partition coefficient (Wildman–Crippen LogP) is 2.87. The van der Waals surface area contributed by atoms with Crippen LogP contribution < -0.4 is 10.1 Å². The van der Waals surface area contributed by atoms with Crippen molar-refractivity contribution in [2.75, 3.05) is 25.2 Å². The first-order valence-corrected chi connectivity index (χ1v) is 13.3. The number of amides is 1. The number of halogens is 1. The molecule has 6 nitrogen and oxygen atoms in total. The van der Waals surface area contributed by atoms with Gasteiger partial charge in [-0.15, -0.1) is 11.8 Å². The van der Waals surface area contributed by atoms with Gasteiger partial charge in [-0.1, -0.05) is 12.1 Å². The Bertz CT molecular complexity index is 1040. The first kappa shape index (κ1) is 23.1. The highest BCUT2D eigenvalue weighted by Gasteiger charge is 2.39. The summed E-state index contributed by atoms with van der Waals surface area (Å²) >= 11 is 1.72. The van der Waals surface area contributed by atoms with E-state index in [1.165, 1.54) is 12.1 Å². The summed E-state index contributed by atoms with van der Waals surface area (Å²) in [5.41, 5.74) is 0.933. The summed E-state index contributed by atoms with van der Waals surface area (Å²) in [5.74, 6) is 0.500. The molecule has 0 radical (unpaired) electrons. The van der Waals surface area contributed by atoms with Crippen LogP contribution in [0.3, 0.4) is 0 Å². The van der Waals surface area contributed by atoms with Crippen molar-refractivity contribution in [1.82, 2.24) is 10.2 Å². The molecule has 172 valence electrons. The number of carbonyl (C=O) groups excluding carboxylic acids is 1. The monoisotopic (exact) mass is 478 g/mol. The van der Waals surface area contributed by atoms with E-state index in [2.05, 4.69) is 10.2 Å². The van der Waals surface area contributed by atoms with Gasteiger partial charge in [0.1, 0.15) is 11.6 Å². The maximum atomic E-state index is 13.3. The summed E-state index contributed by atoms with van der Waals surface area (Å²) in [5, 5.41) is 3.16. The maximum Gasteiger partial charge on any atom is 0.237 e. The van der Waals surface area contributed by atoms with Crippen LogP contribution in [0.4, 0.5) is 4.39 Å². The summed E-state index contributed by atoms with van der Waals surface area (Å²) in [4.78, 5) is 16.3. The van der Waals surface area contributed by atoms with Crippen LogP contribution in [0, 0.1) is 5.82 Å². The fourth-order valence-corrected chi connectivity index (χ4v) is 7.17. The fourth-order valence-electron chi connectivity index (χ4n) is 4.27. The number of ether oxygens (including phenoxy) is 1. The number of thioether (sulfide) groups is 1. The number of methoxy groups -OCH3 is 1. The van der Waals surface area contributed by atoms with Gasteiger partial charge in [0.05, 0.1) is 24.7 Å². The molecule has 0 saturated carbocycles. The normalized spacial score (nSPS) is 25.0. The lowest BCUT2D eigenvalue weighted by Crippen LogP contribution is -2.47. The molecule has 9 heteroatoms. The Morgan fingerprint density at radius 2 is 1.91 bits per heavy atom. The fraction of sp³-hybridized carbons (Fsp3) is 0.435. The van der Waals surface area contributed by atoms with E-state index in [4.69, 9.17) is 4.74 Å². The van der Waals surface area contributed by atoms with E-state index in [0.717, 1.165) is 16.2 Å². The van der Waals surface area contributed by atoms with Crippen LogP contribution in [-0.4, -0.2) is 61.7 Å². The molecule has 0 spiro atoms. The number of rotatable bonds is 7. The molecule has 0 aromatic heterocycles. The molecular formula is C23H27FN2O4S2. The minimum atomic E-state index is -3.07. The zero-order chi connectivity index (χ0) is 22.7. The molecule has 2 heterocycles. The Kier molecular flexibility index (Phi) is 7.07. The van der Waals surface area contributed by atoms with E-state index in [9.17, 15) is 17.6 Å². The molecule has 1 amide bonds. The first-order valence-electron chi connectivity index (χ1n) is 10.6. The second kappa shape index (κ2) is 9.80. The van der Waals surface area contributed by atoms with Gasteiger partial charge in [-0.25, -0.2) is 12.8 Å². The van der Waals surface area contributed by atoms with E-state index in [-0.39, 0.29) is 40.6 Å². The van der Waals surface area contributed by atoms with Gasteiger partial charge >= 0.3 is 0 Å². The number of nitrogens with zero attached hydrogens (tertiary/aromatic N) is 1. The number of hydrogen-bond acceptors (Lipinski definition) is 6. The molecular weight excluding hydrogens is 451 g/mol. The minimum Gasteiger partial charge on any atom is -0.497 e. The average molecular weight is 479 g/mol.